The quantitative estimate of drug-likeness (QED) is 0.708. The molecule has 0 N–H and O–H groups in total. The van der Waals surface area contributed by atoms with Crippen LogP contribution < -0.4 is 0 Å². The summed E-state index contributed by atoms with van der Waals surface area (Å²) >= 11 is 0. The molecular formula is C23H24O5S2. The van der Waals surface area contributed by atoms with Crippen molar-refractivity contribution in [1.29, 1.82) is 0 Å². The molecule has 2 aliphatic carbocycles. The Bertz CT molecular complexity index is 1210. The lowest BCUT2D eigenvalue weighted by Crippen LogP contribution is -2.50. The number of allylic oxidation sites excluding steroid dienone is 2. The van der Waals surface area contributed by atoms with Crippen LogP contribution in [0, 0.1) is 5.92 Å². The number of sulfone groups is 2. The average molecular weight is 445 g/mol. The van der Waals surface area contributed by atoms with Crippen LogP contribution in [0.2, 0.25) is 0 Å². The maximum atomic E-state index is 13.9. The van der Waals surface area contributed by atoms with Crippen LogP contribution in [0.25, 0.3) is 0 Å². The summed E-state index contributed by atoms with van der Waals surface area (Å²) < 4.78 is 53.1. The van der Waals surface area contributed by atoms with Crippen LogP contribution in [-0.4, -0.2) is 27.4 Å². The molecule has 5 nitrogen and oxygen atoms in total. The first-order chi connectivity index (χ1) is 14.2. The first kappa shape index (κ1) is 21.0. The van der Waals surface area contributed by atoms with Gasteiger partial charge < -0.3 is 0 Å². The molecule has 0 aromatic heterocycles. The van der Waals surface area contributed by atoms with Crippen molar-refractivity contribution >= 4 is 25.5 Å². The molecule has 4 rings (SSSR count). The van der Waals surface area contributed by atoms with Gasteiger partial charge in [-0.1, -0.05) is 48.4 Å². The zero-order valence-corrected chi connectivity index (χ0v) is 18.4. The summed E-state index contributed by atoms with van der Waals surface area (Å²) in [6, 6.07) is 16.0. The number of benzene rings is 2. The maximum Gasteiger partial charge on any atom is 0.203 e. The number of Topliss-reactive ketones (excluding diaryl/α,β-unsaturated/α-hetero) is 1. The summed E-state index contributed by atoms with van der Waals surface area (Å²) in [6.45, 7) is 1.65. The average Bonchev–Trinajstić information content (AvgIpc) is 2.97. The van der Waals surface area contributed by atoms with E-state index in [2.05, 4.69) is 0 Å². The summed E-state index contributed by atoms with van der Waals surface area (Å²) in [5.41, 5.74) is 0.471. The molecule has 30 heavy (non-hydrogen) atoms. The second-order valence-corrected chi connectivity index (χ2v) is 12.2. The van der Waals surface area contributed by atoms with E-state index < -0.39 is 30.3 Å². The standard InChI is InChI=1S/C23H24O5S2/c1-17-16-23(30(27,28)19-12-6-3-7-13-19)20(14-8-9-15-21(23)24)22(17)29(25,26)18-10-4-2-5-11-18/h2-7,10-13,20H,8-9,14-16H2,1H3/t20-,23-/m0/s1. The van der Waals surface area contributed by atoms with E-state index in [9.17, 15) is 21.6 Å². The third-order valence-corrected chi connectivity index (χ3v) is 10.9. The number of fused-ring (bicyclic) bond motifs is 1. The number of hydrogen-bond acceptors (Lipinski definition) is 5. The topological polar surface area (TPSA) is 85.3 Å². The van der Waals surface area contributed by atoms with Crippen LogP contribution >= 0.6 is 0 Å². The number of ketones is 1. The number of carbonyl (C=O) groups is 1. The minimum absolute atomic E-state index is 0.0661. The molecule has 2 aromatic carbocycles. The van der Waals surface area contributed by atoms with Gasteiger partial charge in [0.25, 0.3) is 0 Å². The molecule has 2 atom stereocenters. The van der Waals surface area contributed by atoms with E-state index in [0.29, 0.717) is 24.8 Å². The van der Waals surface area contributed by atoms with E-state index in [1.165, 1.54) is 24.3 Å². The monoisotopic (exact) mass is 444 g/mol. The van der Waals surface area contributed by atoms with Crippen molar-refractivity contribution in [2.45, 2.75) is 53.6 Å². The zero-order valence-electron chi connectivity index (χ0n) is 16.7. The van der Waals surface area contributed by atoms with Gasteiger partial charge in [-0.3, -0.25) is 4.79 Å². The van der Waals surface area contributed by atoms with Gasteiger partial charge in [0.05, 0.1) is 14.7 Å². The van der Waals surface area contributed by atoms with Gasteiger partial charge in [-0.05, 0) is 50.5 Å². The molecule has 7 heteroatoms. The summed E-state index contributed by atoms with van der Waals surface area (Å²) in [6.07, 6.45) is 1.61. The van der Waals surface area contributed by atoms with E-state index in [1.807, 2.05) is 0 Å². The minimum Gasteiger partial charge on any atom is -0.298 e. The minimum atomic E-state index is -4.10. The van der Waals surface area contributed by atoms with Crippen molar-refractivity contribution in [1.82, 2.24) is 0 Å². The van der Waals surface area contributed by atoms with Crippen molar-refractivity contribution in [3.63, 3.8) is 0 Å². The van der Waals surface area contributed by atoms with E-state index >= 15 is 0 Å². The van der Waals surface area contributed by atoms with Crippen molar-refractivity contribution in [2.75, 3.05) is 0 Å². The summed E-state index contributed by atoms with van der Waals surface area (Å²) in [5, 5.41) is 0. The molecule has 0 aliphatic heterocycles. The van der Waals surface area contributed by atoms with Gasteiger partial charge in [-0.25, -0.2) is 16.8 Å². The van der Waals surface area contributed by atoms with Crippen LogP contribution in [0.5, 0.6) is 0 Å². The third kappa shape index (κ3) is 2.98. The van der Waals surface area contributed by atoms with Crippen molar-refractivity contribution < 1.29 is 21.6 Å². The fourth-order valence-electron chi connectivity index (χ4n) is 5.00. The van der Waals surface area contributed by atoms with Crippen molar-refractivity contribution in [3.05, 3.63) is 71.1 Å². The Balaban J connectivity index is 1.94. The van der Waals surface area contributed by atoms with Gasteiger partial charge in [-0.2, -0.15) is 0 Å². The summed E-state index contributed by atoms with van der Waals surface area (Å²) in [7, 11) is -8.01. The van der Waals surface area contributed by atoms with E-state index in [1.54, 1.807) is 43.3 Å². The molecule has 0 spiro atoms. The number of carbonyl (C=O) groups excluding carboxylic acids is 1. The maximum absolute atomic E-state index is 13.9. The molecule has 2 aliphatic rings. The molecular weight excluding hydrogens is 420 g/mol. The smallest absolute Gasteiger partial charge is 0.203 e. The van der Waals surface area contributed by atoms with Gasteiger partial charge in [0, 0.05) is 12.3 Å². The zero-order chi connectivity index (χ0) is 21.6. The van der Waals surface area contributed by atoms with E-state index in [4.69, 9.17) is 0 Å². The fraction of sp³-hybridized carbons (Fsp3) is 0.348. The highest BCUT2D eigenvalue weighted by Gasteiger charge is 2.62. The predicted octanol–water partition coefficient (Wildman–Crippen LogP) is 4.11. The molecule has 0 amide bonds. The van der Waals surface area contributed by atoms with E-state index in [0.717, 1.165) is 0 Å². The van der Waals surface area contributed by atoms with Crippen LogP contribution in [0.4, 0.5) is 0 Å². The molecule has 0 unspecified atom stereocenters. The lowest BCUT2D eigenvalue weighted by molar-refractivity contribution is -0.121. The Hall–Kier alpha value is -2.25. The Morgan fingerprint density at radius 2 is 1.40 bits per heavy atom. The first-order valence-electron chi connectivity index (χ1n) is 10.1. The van der Waals surface area contributed by atoms with E-state index in [-0.39, 0.29) is 33.3 Å². The van der Waals surface area contributed by atoms with Gasteiger partial charge in [0.2, 0.25) is 9.84 Å². The second kappa shape index (κ2) is 7.46. The molecule has 2 aromatic rings. The highest BCUT2D eigenvalue weighted by atomic mass is 32.2. The van der Waals surface area contributed by atoms with Crippen LogP contribution in [-0.2, 0) is 24.5 Å². The van der Waals surface area contributed by atoms with Gasteiger partial charge in [-0.15, -0.1) is 0 Å². The Morgan fingerprint density at radius 3 is 2.00 bits per heavy atom. The van der Waals surface area contributed by atoms with Gasteiger partial charge in [0.1, 0.15) is 4.75 Å². The number of hydrogen-bond donors (Lipinski definition) is 0. The van der Waals surface area contributed by atoms with Crippen LogP contribution in [0.3, 0.4) is 0 Å². The summed E-state index contributed by atoms with van der Waals surface area (Å²) in [5.74, 6) is -1.24. The van der Waals surface area contributed by atoms with Crippen molar-refractivity contribution in [3.8, 4) is 0 Å². The van der Waals surface area contributed by atoms with Gasteiger partial charge >= 0.3 is 0 Å². The molecule has 0 heterocycles. The molecule has 1 fully saturated rings. The lowest BCUT2D eigenvalue weighted by atomic mass is 9.88. The van der Waals surface area contributed by atoms with Crippen LogP contribution in [0.1, 0.15) is 39.0 Å². The lowest BCUT2D eigenvalue weighted by Gasteiger charge is -2.33. The normalized spacial score (nSPS) is 25.1. The second-order valence-electron chi connectivity index (χ2n) is 8.07. The molecule has 0 saturated heterocycles. The third-order valence-electron chi connectivity index (χ3n) is 6.32. The van der Waals surface area contributed by atoms with Crippen molar-refractivity contribution in [2.24, 2.45) is 5.92 Å². The Kier molecular flexibility index (Phi) is 5.22. The molecule has 0 bridgehead atoms. The Morgan fingerprint density at radius 1 is 0.833 bits per heavy atom. The summed E-state index contributed by atoms with van der Waals surface area (Å²) in [4.78, 5) is 13.7. The van der Waals surface area contributed by atoms with Gasteiger partial charge in [0.15, 0.2) is 15.6 Å². The highest BCUT2D eigenvalue weighted by Crippen LogP contribution is 2.54. The fourth-order valence-corrected chi connectivity index (χ4v) is 9.42. The number of rotatable bonds is 4. The Labute approximate surface area is 177 Å². The largest absolute Gasteiger partial charge is 0.298 e. The SMILES string of the molecule is CC1=C(S(=O)(=O)c2ccccc2)[C@@H]2CCCCC(=O)[C@]2(S(=O)(=O)c2ccccc2)C1. The van der Waals surface area contributed by atoms with Crippen LogP contribution in [0.15, 0.2) is 80.9 Å². The molecule has 1 saturated carbocycles. The predicted molar refractivity (Wildman–Crippen MR) is 114 cm³/mol. The molecule has 158 valence electrons. The first-order valence-corrected chi connectivity index (χ1v) is 13.0. The highest BCUT2D eigenvalue weighted by molar-refractivity contribution is 7.96. The molecule has 0 radical (unpaired) electrons.